The van der Waals surface area contributed by atoms with Gasteiger partial charge < -0.3 is 19.5 Å². The number of amides is 1. The topological polar surface area (TPSA) is 56.8 Å². The minimum atomic E-state index is -0.389. The number of ether oxygens (including phenoxy) is 3. The van der Waals surface area contributed by atoms with Crippen molar-refractivity contribution in [3.63, 3.8) is 0 Å². The Bertz CT molecular complexity index is 877. The highest BCUT2D eigenvalue weighted by atomic mass is 16.5. The number of benzene rings is 3. The molecular weight excluding hydrogens is 366 g/mol. The molecule has 0 saturated carbocycles. The van der Waals surface area contributed by atoms with Crippen LogP contribution in [0.5, 0.6) is 17.2 Å². The van der Waals surface area contributed by atoms with Gasteiger partial charge in [0, 0.05) is 6.54 Å². The summed E-state index contributed by atoms with van der Waals surface area (Å²) >= 11 is 0. The van der Waals surface area contributed by atoms with Gasteiger partial charge >= 0.3 is 0 Å². The average molecular weight is 391 g/mol. The number of nitrogens with one attached hydrogen (secondary N) is 1. The van der Waals surface area contributed by atoms with Gasteiger partial charge in [0.05, 0.1) is 27.2 Å². The fourth-order valence-corrected chi connectivity index (χ4v) is 3.31. The molecule has 0 aliphatic carbocycles. The van der Waals surface area contributed by atoms with Crippen molar-refractivity contribution in [1.29, 1.82) is 0 Å². The highest BCUT2D eigenvalue weighted by Crippen LogP contribution is 2.38. The van der Waals surface area contributed by atoms with Crippen molar-refractivity contribution in [3.05, 3.63) is 89.5 Å². The quantitative estimate of drug-likeness (QED) is 0.626. The Hall–Kier alpha value is -3.47. The zero-order valence-corrected chi connectivity index (χ0v) is 16.8. The SMILES string of the molecule is COc1cc(CNC(=O)C(c2ccccc2)c2ccccc2)cc(OC)c1OC. The van der Waals surface area contributed by atoms with Crippen molar-refractivity contribution in [2.45, 2.75) is 12.5 Å². The van der Waals surface area contributed by atoms with Gasteiger partial charge in [0.25, 0.3) is 0 Å². The molecule has 0 atom stereocenters. The summed E-state index contributed by atoms with van der Waals surface area (Å²) in [6.07, 6.45) is 0. The molecule has 0 saturated heterocycles. The molecular formula is C24H25NO4. The van der Waals surface area contributed by atoms with Crippen molar-refractivity contribution >= 4 is 5.91 Å². The number of carbonyl (C=O) groups is 1. The van der Waals surface area contributed by atoms with Gasteiger partial charge in [-0.2, -0.15) is 0 Å². The molecule has 29 heavy (non-hydrogen) atoms. The molecule has 0 fully saturated rings. The fourth-order valence-electron chi connectivity index (χ4n) is 3.31. The first-order chi connectivity index (χ1) is 14.2. The van der Waals surface area contributed by atoms with Crippen LogP contribution >= 0.6 is 0 Å². The summed E-state index contributed by atoms with van der Waals surface area (Å²) in [7, 11) is 4.70. The molecule has 0 spiro atoms. The first-order valence-electron chi connectivity index (χ1n) is 9.34. The molecule has 1 N–H and O–H groups in total. The number of methoxy groups -OCH3 is 3. The molecule has 3 aromatic carbocycles. The van der Waals surface area contributed by atoms with Crippen LogP contribution in [0.3, 0.4) is 0 Å². The highest BCUT2D eigenvalue weighted by Gasteiger charge is 2.22. The molecule has 0 aromatic heterocycles. The van der Waals surface area contributed by atoms with Gasteiger partial charge in [-0.1, -0.05) is 60.7 Å². The molecule has 0 bridgehead atoms. The van der Waals surface area contributed by atoms with Gasteiger partial charge in [-0.05, 0) is 28.8 Å². The van der Waals surface area contributed by atoms with Crippen LogP contribution in [0.1, 0.15) is 22.6 Å². The van der Waals surface area contributed by atoms with E-state index in [0.717, 1.165) is 16.7 Å². The number of rotatable bonds is 8. The molecule has 3 aromatic rings. The number of hydrogen-bond acceptors (Lipinski definition) is 4. The Morgan fingerprint density at radius 3 is 1.69 bits per heavy atom. The maximum Gasteiger partial charge on any atom is 0.232 e. The largest absolute Gasteiger partial charge is 0.493 e. The predicted octanol–water partition coefficient (Wildman–Crippen LogP) is 4.16. The average Bonchev–Trinajstić information content (AvgIpc) is 2.78. The second kappa shape index (κ2) is 9.64. The summed E-state index contributed by atoms with van der Waals surface area (Å²) in [4.78, 5) is 13.2. The monoisotopic (exact) mass is 391 g/mol. The van der Waals surface area contributed by atoms with Gasteiger partial charge in [0.2, 0.25) is 11.7 Å². The lowest BCUT2D eigenvalue weighted by Crippen LogP contribution is -2.29. The van der Waals surface area contributed by atoms with Crippen molar-refractivity contribution in [3.8, 4) is 17.2 Å². The molecule has 5 heteroatoms. The van der Waals surface area contributed by atoms with Crippen LogP contribution in [-0.4, -0.2) is 27.2 Å². The second-order valence-corrected chi connectivity index (χ2v) is 6.51. The van der Waals surface area contributed by atoms with Crippen LogP contribution in [0.25, 0.3) is 0 Å². The van der Waals surface area contributed by atoms with E-state index < -0.39 is 0 Å². The van der Waals surface area contributed by atoms with Crippen LogP contribution in [0, 0.1) is 0 Å². The third kappa shape index (κ3) is 4.69. The molecule has 0 aliphatic heterocycles. The first kappa shape index (κ1) is 20.3. The molecule has 3 rings (SSSR count). The Kier molecular flexibility index (Phi) is 6.74. The van der Waals surface area contributed by atoms with Crippen molar-refractivity contribution in [2.24, 2.45) is 0 Å². The molecule has 0 heterocycles. The summed E-state index contributed by atoms with van der Waals surface area (Å²) in [5.74, 6) is 1.17. The normalized spacial score (nSPS) is 10.5. The molecule has 0 aliphatic rings. The van der Waals surface area contributed by atoms with E-state index >= 15 is 0 Å². The van der Waals surface area contributed by atoms with Crippen LogP contribution < -0.4 is 19.5 Å². The van der Waals surface area contributed by atoms with Gasteiger partial charge in [-0.25, -0.2) is 0 Å². The third-order valence-electron chi connectivity index (χ3n) is 4.72. The van der Waals surface area contributed by atoms with E-state index in [1.54, 1.807) is 21.3 Å². The summed E-state index contributed by atoms with van der Waals surface area (Å²) in [6.45, 7) is 0.339. The van der Waals surface area contributed by atoms with Gasteiger partial charge in [0.15, 0.2) is 11.5 Å². The summed E-state index contributed by atoms with van der Waals surface area (Å²) in [5.41, 5.74) is 2.75. The van der Waals surface area contributed by atoms with Gasteiger partial charge in [-0.15, -0.1) is 0 Å². The Labute approximate surface area is 171 Å². The molecule has 0 radical (unpaired) electrons. The van der Waals surface area contributed by atoms with Gasteiger partial charge in [-0.3, -0.25) is 4.79 Å². The Morgan fingerprint density at radius 2 is 1.28 bits per heavy atom. The number of hydrogen-bond donors (Lipinski definition) is 1. The summed E-state index contributed by atoms with van der Waals surface area (Å²) < 4.78 is 16.1. The molecule has 150 valence electrons. The van der Waals surface area contributed by atoms with Crippen LogP contribution in [0.4, 0.5) is 0 Å². The fraction of sp³-hybridized carbons (Fsp3) is 0.208. The summed E-state index contributed by atoms with van der Waals surface area (Å²) in [5, 5.41) is 3.05. The van der Waals surface area contributed by atoms with E-state index in [0.29, 0.717) is 23.8 Å². The zero-order chi connectivity index (χ0) is 20.6. The lowest BCUT2D eigenvalue weighted by molar-refractivity contribution is -0.121. The number of carbonyl (C=O) groups excluding carboxylic acids is 1. The maximum absolute atomic E-state index is 13.2. The first-order valence-corrected chi connectivity index (χ1v) is 9.34. The van der Waals surface area contributed by atoms with E-state index in [2.05, 4.69) is 5.32 Å². The van der Waals surface area contributed by atoms with Crippen LogP contribution in [0.2, 0.25) is 0 Å². The van der Waals surface area contributed by atoms with Crippen LogP contribution in [-0.2, 0) is 11.3 Å². The smallest absolute Gasteiger partial charge is 0.232 e. The lowest BCUT2D eigenvalue weighted by atomic mass is 9.90. The van der Waals surface area contributed by atoms with Gasteiger partial charge in [0.1, 0.15) is 0 Å². The van der Waals surface area contributed by atoms with E-state index in [9.17, 15) is 4.79 Å². The second-order valence-electron chi connectivity index (χ2n) is 6.51. The molecule has 0 unspecified atom stereocenters. The van der Waals surface area contributed by atoms with E-state index in [-0.39, 0.29) is 11.8 Å². The van der Waals surface area contributed by atoms with E-state index in [1.807, 2.05) is 72.8 Å². The Balaban J connectivity index is 1.84. The molecule has 5 nitrogen and oxygen atoms in total. The summed E-state index contributed by atoms with van der Waals surface area (Å²) in [6, 6.07) is 23.2. The van der Waals surface area contributed by atoms with Crippen molar-refractivity contribution < 1.29 is 19.0 Å². The lowest BCUT2D eigenvalue weighted by Gasteiger charge is -2.19. The highest BCUT2D eigenvalue weighted by molar-refractivity contribution is 5.87. The van der Waals surface area contributed by atoms with Crippen LogP contribution in [0.15, 0.2) is 72.8 Å². The predicted molar refractivity (Wildman–Crippen MR) is 113 cm³/mol. The molecule has 1 amide bonds. The maximum atomic E-state index is 13.2. The minimum Gasteiger partial charge on any atom is -0.493 e. The van der Waals surface area contributed by atoms with E-state index in [1.165, 1.54) is 0 Å². The van der Waals surface area contributed by atoms with E-state index in [4.69, 9.17) is 14.2 Å². The minimum absolute atomic E-state index is 0.0730. The Morgan fingerprint density at radius 1 is 0.793 bits per heavy atom. The van der Waals surface area contributed by atoms with Crippen molar-refractivity contribution in [2.75, 3.05) is 21.3 Å². The third-order valence-corrected chi connectivity index (χ3v) is 4.72. The standard InChI is InChI=1S/C24H25NO4/c1-27-20-14-17(15-21(28-2)23(20)29-3)16-25-24(26)22(18-10-6-4-7-11-18)19-12-8-5-9-13-19/h4-15,22H,16H2,1-3H3,(H,25,26). The van der Waals surface area contributed by atoms with Crippen molar-refractivity contribution in [1.82, 2.24) is 5.32 Å². The zero-order valence-electron chi connectivity index (χ0n) is 16.8.